The van der Waals surface area contributed by atoms with Gasteiger partial charge >= 0.3 is 0 Å². The van der Waals surface area contributed by atoms with Crippen LogP contribution in [0.2, 0.25) is 5.02 Å². The molecule has 4 heteroatoms. The molecule has 0 aliphatic rings. The van der Waals surface area contributed by atoms with Crippen molar-refractivity contribution in [3.63, 3.8) is 0 Å². The Morgan fingerprint density at radius 2 is 1.95 bits per heavy atom. The van der Waals surface area contributed by atoms with E-state index in [1.807, 2.05) is 54.8 Å². The maximum absolute atomic E-state index is 6.34. The second-order valence-electron chi connectivity index (χ2n) is 4.70. The van der Waals surface area contributed by atoms with E-state index >= 15 is 0 Å². The van der Waals surface area contributed by atoms with Gasteiger partial charge in [0.1, 0.15) is 0 Å². The van der Waals surface area contributed by atoms with Crippen LogP contribution in [0, 0.1) is 13.8 Å². The topological polar surface area (TPSA) is 43.8 Å². The molecule has 96 valence electrons. The number of imidazole rings is 1. The van der Waals surface area contributed by atoms with Gasteiger partial charge in [0.05, 0.1) is 21.7 Å². The fraction of sp³-hybridized carbons (Fsp3) is 0.133. The van der Waals surface area contributed by atoms with Gasteiger partial charge in [0.25, 0.3) is 0 Å². The number of fused-ring (bicyclic) bond motifs is 1. The number of nitrogen functional groups attached to an aromatic ring is 1. The molecule has 2 aromatic carbocycles. The van der Waals surface area contributed by atoms with Gasteiger partial charge in [-0.15, -0.1) is 0 Å². The molecule has 3 nitrogen and oxygen atoms in total. The third kappa shape index (κ3) is 1.87. The summed E-state index contributed by atoms with van der Waals surface area (Å²) in [6, 6.07) is 11.9. The van der Waals surface area contributed by atoms with Crippen LogP contribution in [0.1, 0.15) is 11.1 Å². The summed E-state index contributed by atoms with van der Waals surface area (Å²) in [6.45, 7) is 4.05. The van der Waals surface area contributed by atoms with Gasteiger partial charge < -0.3 is 5.73 Å². The third-order valence-corrected chi connectivity index (χ3v) is 3.55. The molecule has 0 aliphatic carbocycles. The van der Waals surface area contributed by atoms with Gasteiger partial charge in [-0.2, -0.15) is 0 Å². The van der Waals surface area contributed by atoms with E-state index in [4.69, 9.17) is 17.3 Å². The second-order valence-corrected chi connectivity index (χ2v) is 5.11. The smallest absolute Gasteiger partial charge is 0.205 e. The van der Waals surface area contributed by atoms with E-state index in [9.17, 15) is 0 Å². The largest absolute Gasteiger partial charge is 0.369 e. The number of rotatable bonds is 1. The van der Waals surface area contributed by atoms with Crippen molar-refractivity contribution < 1.29 is 0 Å². The summed E-state index contributed by atoms with van der Waals surface area (Å²) >= 11 is 6.34. The number of benzene rings is 2. The van der Waals surface area contributed by atoms with Crippen molar-refractivity contribution in [1.29, 1.82) is 0 Å². The molecule has 0 fully saturated rings. The van der Waals surface area contributed by atoms with Crippen molar-refractivity contribution in [2.75, 3.05) is 5.73 Å². The van der Waals surface area contributed by atoms with Crippen LogP contribution in [0.15, 0.2) is 36.4 Å². The fourth-order valence-electron chi connectivity index (χ4n) is 2.35. The molecular weight excluding hydrogens is 258 g/mol. The highest BCUT2D eigenvalue weighted by Gasteiger charge is 2.14. The number of halogens is 1. The Hall–Kier alpha value is -2.00. The lowest BCUT2D eigenvalue weighted by Gasteiger charge is -2.10. The molecule has 0 saturated carbocycles. The lowest BCUT2D eigenvalue weighted by Crippen LogP contribution is -2.02. The molecule has 0 radical (unpaired) electrons. The first-order chi connectivity index (χ1) is 9.08. The number of nitrogens with two attached hydrogens (primary N) is 1. The average Bonchev–Trinajstić information content (AvgIpc) is 2.67. The summed E-state index contributed by atoms with van der Waals surface area (Å²) in [4.78, 5) is 4.40. The Morgan fingerprint density at radius 3 is 2.68 bits per heavy atom. The zero-order valence-electron chi connectivity index (χ0n) is 10.8. The molecule has 2 N–H and O–H groups in total. The summed E-state index contributed by atoms with van der Waals surface area (Å²) in [5, 5.41) is 0.675. The standard InChI is InChI=1S/C15H14ClN3/c1-9-6-7-13(11(16)8-9)19-14-10(2)4-3-5-12(14)18-15(19)17/h3-8H,1-2H3,(H2,17,18). The first kappa shape index (κ1) is 12.1. The highest BCUT2D eigenvalue weighted by Crippen LogP contribution is 2.30. The molecular formula is C15H14ClN3. The van der Waals surface area contributed by atoms with Crippen molar-refractivity contribution in [3.8, 4) is 5.69 Å². The van der Waals surface area contributed by atoms with Crippen molar-refractivity contribution in [2.45, 2.75) is 13.8 Å². The summed E-state index contributed by atoms with van der Waals surface area (Å²) < 4.78 is 1.91. The molecule has 0 spiro atoms. The maximum atomic E-state index is 6.34. The van der Waals surface area contributed by atoms with Gasteiger partial charge in [0, 0.05) is 0 Å². The van der Waals surface area contributed by atoms with E-state index in [1.165, 1.54) is 0 Å². The van der Waals surface area contributed by atoms with E-state index in [0.29, 0.717) is 11.0 Å². The maximum Gasteiger partial charge on any atom is 0.205 e. The minimum Gasteiger partial charge on any atom is -0.369 e. The third-order valence-electron chi connectivity index (χ3n) is 3.25. The van der Waals surface area contributed by atoms with Crippen molar-refractivity contribution in [2.24, 2.45) is 0 Å². The lowest BCUT2D eigenvalue weighted by atomic mass is 10.2. The predicted octanol–water partition coefficient (Wildman–Crippen LogP) is 3.88. The molecule has 0 unspecified atom stereocenters. The highest BCUT2D eigenvalue weighted by atomic mass is 35.5. The normalized spacial score (nSPS) is 11.1. The van der Waals surface area contributed by atoms with E-state index in [-0.39, 0.29) is 0 Å². The number of nitrogens with zero attached hydrogens (tertiary/aromatic N) is 2. The summed E-state index contributed by atoms with van der Waals surface area (Å²) in [5.74, 6) is 0.454. The van der Waals surface area contributed by atoms with Crippen molar-refractivity contribution >= 4 is 28.6 Å². The van der Waals surface area contributed by atoms with Crippen LogP contribution in [0.3, 0.4) is 0 Å². The zero-order chi connectivity index (χ0) is 13.6. The number of hydrogen-bond donors (Lipinski definition) is 1. The number of aromatic nitrogens is 2. The van der Waals surface area contributed by atoms with E-state index < -0.39 is 0 Å². The van der Waals surface area contributed by atoms with Crippen LogP contribution in [0.25, 0.3) is 16.7 Å². The summed E-state index contributed by atoms with van der Waals surface area (Å²) in [7, 11) is 0. The number of aryl methyl sites for hydroxylation is 2. The Morgan fingerprint density at radius 1 is 1.16 bits per heavy atom. The molecule has 1 heterocycles. The summed E-state index contributed by atoms with van der Waals surface area (Å²) in [6.07, 6.45) is 0. The SMILES string of the molecule is Cc1ccc(-n2c(N)nc3cccc(C)c32)c(Cl)c1. The van der Waals surface area contributed by atoms with Gasteiger partial charge in [-0.3, -0.25) is 4.57 Å². The van der Waals surface area contributed by atoms with Crippen molar-refractivity contribution in [1.82, 2.24) is 9.55 Å². The van der Waals surface area contributed by atoms with Gasteiger partial charge in [-0.05, 0) is 43.2 Å². The van der Waals surface area contributed by atoms with Crippen LogP contribution in [0.5, 0.6) is 0 Å². The Labute approximate surface area is 116 Å². The molecule has 3 rings (SSSR count). The Bertz CT molecular complexity index is 774. The van der Waals surface area contributed by atoms with E-state index in [2.05, 4.69) is 4.98 Å². The Balaban J connectivity index is 2.39. The van der Waals surface area contributed by atoms with Crippen LogP contribution in [-0.4, -0.2) is 9.55 Å². The predicted molar refractivity (Wildman–Crippen MR) is 80.0 cm³/mol. The van der Waals surface area contributed by atoms with Gasteiger partial charge in [0.2, 0.25) is 5.95 Å². The number of para-hydroxylation sites is 1. The van der Waals surface area contributed by atoms with Crippen LogP contribution in [-0.2, 0) is 0 Å². The van der Waals surface area contributed by atoms with Crippen LogP contribution >= 0.6 is 11.6 Å². The van der Waals surface area contributed by atoms with Crippen LogP contribution < -0.4 is 5.73 Å². The summed E-state index contributed by atoms with van der Waals surface area (Å²) in [5.41, 5.74) is 11.0. The molecule has 0 amide bonds. The Kier molecular flexibility index (Phi) is 2.72. The fourth-order valence-corrected chi connectivity index (χ4v) is 2.67. The average molecular weight is 272 g/mol. The molecule has 0 aliphatic heterocycles. The highest BCUT2D eigenvalue weighted by molar-refractivity contribution is 6.32. The van der Waals surface area contributed by atoms with Gasteiger partial charge in [-0.25, -0.2) is 4.98 Å². The van der Waals surface area contributed by atoms with Gasteiger partial charge in [-0.1, -0.05) is 29.8 Å². The molecule has 0 saturated heterocycles. The van der Waals surface area contributed by atoms with E-state index in [0.717, 1.165) is 27.8 Å². The van der Waals surface area contributed by atoms with Crippen LogP contribution in [0.4, 0.5) is 5.95 Å². The molecule has 19 heavy (non-hydrogen) atoms. The van der Waals surface area contributed by atoms with Crippen molar-refractivity contribution in [3.05, 3.63) is 52.5 Å². The zero-order valence-corrected chi connectivity index (χ0v) is 11.6. The molecule has 1 aromatic heterocycles. The first-order valence-corrected chi connectivity index (χ1v) is 6.46. The quantitative estimate of drug-likeness (QED) is 0.730. The van der Waals surface area contributed by atoms with Gasteiger partial charge in [0.15, 0.2) is 0 Å². The molecule has 0 bridgehead atoms. The molecule has 0 atom stereocenters. The minimum atomic E-state index is 0.454. The first-order valence-electron chi connectivity index (χ1n) is 6.08. The minimum absolute atomic E-state index is 0.454. The monoisotopic (exact) mass is 271 g/mol. The lowest BCUT2D eigenvalue weighted by molar-refractivity contribution is 1.10. The number of anilines is 1. The molecule has 3 aromatic rings. The second kappa shape index (κ2) is 4.28. The number of hydrogen-bond acceptors (Lipinski definition) is 2. The van der Waals surface area contributed by atoms with E-state index in [1.54, 1.807) is 0 Å².